The second-order valence-corrected chi connectivity index (χ2v) is 6.43. The molecule has 0 saturated heterocycles. The topological polar surface area (TPSA) is 56.8 Å². The van der Waals surface area contributed by atoms with E-state index in [1.165, 1.54) is 5.56 Å². The Bertz CT molecular complexity index is 720. The highest BCUT2D eigenvalue weighted by Crippen LogP contribution is 2.23. The van der Waals surface area contributed by atoms with Gasteiger partial charge in [0, 0.05) is 12.6 Å². The van der Waals surface area contributed by atoms with Crippen molar-refractivity contribution in [1.29, 1.82) is 0 Å². The molecule has 2 aromatic carbocycles. The summed E-state index contributed by atoms with van der Waals surface area (Å²) in [7, 11) is 3.19. The molecule has 0 radical (unpaired) electrons. The summed E-state index contributed by atoms with van der Waals surface area (Å²) in [6.07, 6.45) is -0.593. The molecule has 0 saturated carbocycles. The van der Waals surface area contributed by atoms with E-state index in [1.807, 2.05) is 30.3 Å². The largest absolute Gasteiger partial charge is 0.497 e. The fourth-order valence-corrected chi connectivity index (χ4v) is 2.51. The van der Waals surface area contributed by atoms with E-state index in [0.717, 1.165) is 5.56 Å². The quantitative estimate of drug-likeness (QED) is 0.778. The van der Waals surface area contributed by atoms with Crippen molar-refractivity contribution in [2.24, 2.45) is 0 Å². The van der Waals surface area contributed by atoms with E-state index in [9.17, 15) is 4.79 Å². The lowest BCUT2D eigenvalue weighted by molar-refractivity contribution is -0.127. The van der Waals surface area contributed by atoms with Gasteiger partial charge in [-0.1, -0.05) is 26.0 Å². The molecule has 0 heterocycles. The van der Waals surface area contributed by atoms with Gasteiger partial charge in [0.25, 0.3) is 5.91 Å². The lowest BCUT2D eigenvalue weighted by Crippen LogP contribution is -2.35. The summed E-state index contributed by atoms with van der Waals surface area (Å²) in [6, 6.07) is 13.3. The maximum atomic E-state index is 12.3. The standard InChI is InChI=1S/C21H27NO4/c1-14(2)17-7-6-8-18(11-17)26-15(3)21(23)22-13-16-9-19(24-4)12-20(10-16)25-5/h6-12,14-15H,13H2,1-5H3,(H,22,23). The van der Waals surface area contributed by atoms with Crippen LogP contribution in [0.15, 0.2) is 42.5 Å². The van der Waals surface area contributed by atoms with Crippen LogP contribution in [0.25, 0.3) is 0 Å². The maximum Gasteiger partial charge on any atom is 0.261 e. The Morgan fingerprint density at radius 2 is 1.62 bits per heavy atom. The number of carbonyl (C=O) groups is 1. The van der Waals surface area contributed by atoms with E-state index >= 15 is 0 Å². The van der Waals surface area contributed by atoms with Gasteiger partial charge in [-0.2, -0.15) is 0 Å². The molecular weight excluding hydrogens is 330 g/mol. The molecule has 2 rings (SSSR count). The molecular formula is C21H27NO4. The Morgan fingerprint density at radius 1 is 0.962 bits per heavy atom. The summed E-state index contributed by atoms with van der Waals surface area (Å²) >= 11 is 0. The van der Waals surface area contributed by atoms with Crippen LogP contribution < -0.4 is 19.5 Å². The number of carbonyl (C=O) groups excluding carboxylic acids is 1. The Labute approximate surface area is 155 Å². The minimum atomic E-state index is -0.593. The van der Waals surface area contributed by atoms with Gasteiger partial charge < -0.3 is 19.5 Å². The van der Waals surface area contributed by atoms with Gasteiger partial charge >= 0.3 is 0 Å². The molecule has 0 fully saturated rings. The van der Waals surface area contributed by atoms with Gasteiger partial charge in [-0.05, 0) is 48.2 Å². The average molecular weight is 357 g/mol. The third-order valence-corrected chi connectivity index (χ3v) is 4.08. The highest BCUT2D eigenvalue weighted by molar-refractivity contribution is 5.80. The highest BCUT2D eigenvalue weighted by atomic mass is 16.5. The molecule has 0 bridgehead atoms. The van der Waals surface area contributed by atoms with Crippen molar-refractivity contribution in [3.05, 3.63) is 53.6 Å². The summed E-state index contributed by atoms with van der Waals surface area (Å²) in [5.41, 5.74) is 2.07. The van der Waals surface area contributed by atoms with Crippen molar-refractivity contribution in [1.82, 2.24) is 5.32 Å². The first kappa shape index (κ1) is 19.6. The van der Waals surface area contributed by atoms with Crippen molar-refractivity contribution >= 4 is 5.91 Å². The van der Waals surface area contributed by atoms with E-state index < -0.39 is 6.10 Å². The SMILES string of the molecule is COc1cc(CNC(=O)C(C)Oc2cccc(C(C)C)c2)cc(OC)c1. The van der Waals surface area contributed by atoms with Crippen LogP contribution in [0, 0.1) is 0 Å². The number of benzene rings is 2. The van der Waals surface area contributed by atoms with Crippen LogP contribution in [0.4, 0.5) is 0 Å². The molecule has 5 heteroatoms. The predicted octanol–water partition coefficient (Wildman–Crippen LogP) is 3.91. The fourth-order valence-electron chi connectivity index (χ4n) is 2.51. The van der Waals surface area contributed by atoms with Crippen molar-refractivity contribution in [2.75, 3.05) is 14.2 Å². The number of ether oxygens (including phenoxy) is 3. The first-order chi connectivity index (χ1) is 12.4. The van der Waals surface area contributed by atoms with E-state index in [4.69, 9.17) is 14.2 Å². The Hall–Kier alpha value is -2.69. The maximum absolute atomic E-state index is 12.3. The lowest BCUT2D eigenvalue weighted by Gasteiger charge is -2.16. The first-order valence-electron chi connectivity index (χ1n) is 8.69. The van der Waals surface area contributed by atoms with Gasteiger partial charge in [-0.15, -0.1) is 0 Å². The minimum absolute atomic E-state index is 0.179. The second-order valence-electron chi connectivity index (χ2n) is 6.43. The van der Waals surface area contributed by atoms with Gasteiger partial charge in [0.15, 0.2) is 6.10 Å². The van der Waals surface area contributed by atoms with Gasteiger partial charge in [-0.3, -0.25) is 4.79 Å². The summed E-state index contributed by atoms with van der Waals surface area (Å²) in [5, 5.41) is 2.88. The van der Waals surface area contributed by atoms with Gasteiger partial charge in [0.2, 0.25) is 0 Å². The Kier molecular flexibility index (Phi) is 6.89. The van der Waals surface area contributed by atoms with Crippen LogP contribution >= 0.6 is 0 Å². The molecule has 26 heavy (non-hydrogen) atoms. The third-order valence-electron chi connectivity index (χ3n) is 4.08. The second kappa shape index (κ2) is 9.13. The van der Waals surface area contributed by atoms with Gasteiger partial charge in [-0.25, -0.2) is 0 Å². The predicted molar refractivity (Wildman–Crippen MR) is 102 cm³/mol. The van der Waals surface area contributed by atoms with Crippen LogP contribution in [0.5, 0.6) is 17.2 Å². The summed E-state index contributed by atoms with van der Waals surface area (Å²) in [6.45, 7) is 6.35. The number of nitrogens with one attached hydrogen (secondary N) is 1. The van der Waals surface area contributed by atoms with Gasteiger partial charge in [0.05, 0.1) is 14.2 Å². The van der Waals surface area contributed by atoms with E-state index in [1.54, 1.807) is 27.2 Å². The molecule has 5 nitrogen and oxygen atoms in total. The average Bonchev–Trinajstić information content (AvgIpc) is 2.65. The molecule has 0 spiro atoms. The molecule has 0 aromatic heterocycles. The van der Waals surface area contributed by atoms with Crippen LogP contribution in [0.3, 0.4) is 0 Å². The molecule has 1 amide bonds. The third kappa shape index (κ3) is 5.41. The number of rotatable bonds is 8. The number of hydrogen-bond donors (Lipinski definition) is 1. The molecule has 140 valence electrons. The zero-order valence-corrected chi connectivity index (χ0v) is 16.0. The van der Waals surface area contributed by atoms with Crippen molar-refractivity contribution in [2.45, 2.75) is 39.3 Å². The molecule has 1 N–H and O–H groups in total. The number of amides is 1. The van der Waals surface area contributed by atoms with E-state index in [-0.39, 0.29) is 5.91 Å². The van der Waals surface area contributed by atoms with Crippen LogP contribution in [0.1, 0.15) is 37.8 Å². The molecule has 1 unspecified atom stereocenters. The molecule has 0 aliphatic heterocycles. The smallest absolute Gasteiger partial charge is 0.261 e. The van der Waals surface area contributed by atoms with Gasteiger partial charge in [0.1, 0.15) is 17.2 Å². The zero-order chi connectivity index (χ0) is 19.1. The molecule has 1 atom stereocenters. The zero-order valence-electron chi connectivity index (χ0n) is 16.0. The fraction of sp³-hybridized carbons (Fsp3) is 0.381. The van der Waals surface area contributed by atoms with E-state index in [2.05, 4.69) is 25.2 Å². The lowest BCUT2D eigenvalue weighted by atomic mass is 10.0. The van der Waals surface area contributed by atoms with Crippen LogP contribution in [-0.2, 0) is 11.3 Å². The monoisotopic (exact) mass is 357 g/mol. The van der Waals surface area contributed by atoms with Crippen LogP contribution in [-0.4, -0.2) is 26.2 Å². The summed E-state index contributed by atoms with van der Waals surface area (Å²) in [4.78, 5) is 12.3. The van der Waals surface area contributed by atoms with Crippen LogP contribution in [0.2, 0.25) is 0 Å². The Balaban J connectivity index is 1.96. The van der Waals surface area contributed by atoms with E-state index in [0.29, 0.717) is 29.7 Å². The molecule has 2 aromatic rings. The van der Waals surface area contributed by atoms with Crippen molar-refractivity contribution < 1.29 is 19.0 Å². The van der Waals surface area contributed by atoms with Crippen molar-refractivity contribution in [3.63, 3.8) is 0 Å². The summed E-state index contributed by atoms with van der Waals surface area (Å²) < 4.78 is 16.3. The Morgan fingerprint density at radius 3 is 2.19 bits per heavy atom. The normalized spacial score (nSPS) is 11.8. The summed E-state index contributed by atoms with van der Waals surface area (Å²) in [5.74, 6) is 2.29. The minimum Gasteiger partial charge on any atom is -0.497 e. The van der Waals surface area contributed by atoms with Crippen molar-refractivity contribution in [3.8, 4) is 17.2 Å². The number of methoxy groups -OCH3 is 2. The first-order valence-corrected chi connectivity index (χ1v) is 8.69. The number of hydrogen-bond acceptors (Lipinski definition) is 4. The molecule has 0 aliphatic rings. The molecule has 0 aliphatic carbocycles. The highest BCUT2D eigenvalue weighted by Gasteiger charge is 2.15.